The molecule has 0 saturated carbocycles. The summed E-state index contributed by atoms with van der Waals surface area (Å²) in [4.78, 5) is 0. The molecule has 3 aromatic carbocycles. The first-order valence-electron chi connectivity index (χ1n) is 11.8. The van der Waals surface area contributed by atoms with Gasteiger partial charge in [0, 0.05) is 38.5 Å². The number of rotatable bonds is 9. The van der Waals surface area contributed by atoms with E-state index < -0.39 is 30.1 Å². The quantitative estimate of drug-likeness (QED) is 0.190. The summed E-state index contributed by atoms with van der Waals surface area (Å²) in [5, 5.41) is 4.48. The van der Waals surface area contributed by atoms with Gasteiger partial charge in [-0.1, -0.05) is 33.6 Å². The van der Waals surface area contributed by atoms with Crippen molar-refractivity contribution in [3.05, 3.63) is 75.2 Å². The lowest BCUT2D eigenvalue weighted by Crippen LogP contribution is -2.16. The normalized spacial score (nSPS) is 13.4. The van der Waals surface area contributed by atoms with E-state index in [-0.39, 0.29) is 18.9 Å². The maximum Gasteiger partial charge on any atom is 0.417 e. The summed E-state index contributed by atoms with van der Waals surface area (Å²) in [6, 6.07) is 15.1. The van der Waals surface area contributed by atoms with E-state index in [1.165, 1.54) is 6.07 Å². The largest absolute Gasteiger partial charge is 0.417 e. The molecule has 37 heavy (non-hydrogen) atoms. The third-order valence-corrected chi connectivity index (χ3v) is 9.11. The first-order valence-corrected chi connectivity index (χ1v) is 14.5. The van der Waals surface area contributed by atoms with Gasteiger partial charge < -0.3 is 18.9 Å². The van der Waals surface area contributed by atoms with Crippen molar-refractivity contribution in [1.82, 2.24) is 4.57 Å². The predicted octanol–water partition coefficient (Wildman–Crippen LogP) is 9.63. The van der Waals surface area contributed by atoms with Gasteiger partial charge in [0.2, 0.25) is 0 Å². The smallest absolute Gasteiger partial charge is 0.368 e. The number of fused-ring (bicyclic) bond motifs is 3. The number of nitrogens with zero attached hydrogens (tertiary/aromatic N) is 1. The molecule has 1 aromatic heterocycles. The van der Waals surface area contributed by atoms with E-state index in [9.17, 15) is 17.7 Å². The lowest BCUT2D eigenvalue weighted by molar-refractivity contribution is -0.137. The van der Waals surface area contributed by atoms with Gasteiger partial charge in [-0.3, -0.25) is 4.57 Å². The predicted molar refractivity (Wildman–Crippen MR) is 146 cm³/mol. The maximum atomic E-state index is 14.0. The van der Waals surface area contributed by atoms with Crippen LogP contribution in [0.4, 0.5) is 18.9 Å². The number of aromatic nitrogens is 1. The molecule has 0 saturated heterocycles. The molecular formula is C26H26BrClF3N2O3P. The van der Waals surface area contributed by atoms with Crippen LogP contribution in [0.5, 0.6) is 0 Å². The van der Waals surface area contributed by atoms with Crippen LogP contribution in [0.2, 0.25) is 5.02 Å². The van der Waals surface area contributed by atoms with Gasteiger partial charge in [-0.05, 0) is 74.9 Å². The van der Waals surface area contributed by atoms with E-state index in [0.717, 1.165) is 45.0 Å². The SMILES string of the molecule is CCOP(=O)(OCC)C(Nc1ccc(Cl)c(C(F)(F)F)c1)c1ccc2c(c1)c1cc(Br)ccc1n2CC. The lowest BCUT2D eigenvalue weighted by Gasteiger charge is -2.28. The number of nitrogens with one attached hydrogen (secondary N) is 1. The molecule has 1 N–H and O–H groups in total. The van der Waals surface area contributed by atoms with Gasteiger partial charge >= 0.3 is 13.8 Å². The van der Waals surface area contributed by atoms with E-state index in [4.69, 9.17) is 20.6 Å². The Bertz CT molecular complexity index is 1480. The highest BCUT2D eigenvalue weighted by molar-refractivity contribution is 9.10. The monoisotopic (exact) mass is 616 g/mol. The van der Waals surface area contributed by atoms with Crippen LogP contribution in [-0.2, 0) is 26.3 Å². The van der Waals surface area contributed by atoms with Gasteiger partial charge in [0.05, 0.1) is 23.8 Å². The summed E-state index contributed by atoms with van der Waals surface area (Å²) in [6.45, 7) is 6.34. The van der Waals surface area contributed by atoms with Crippen molar-refractivity contribution < 1.29 is 26.8 Å². The third kappa shape index (κ3) is 5.57. The molecule has 0 radical (unpaired) electrons. The summed E-state index contributed by atoms with van der Waals surface area (Å²) in [5.41, 5.74) is 1.66. The Morgan fingerprint density at radius 3 is 2.19 bits per heavy atom. The van der Waals surface area contributed by atoms with Gasteiger partial charge in [-0.15, -0.1) is 0 Å². The van der Waals surface area contributed by atoms with E-state index in [2.05, 4.69) is 32.7 Å². The highest BCUT2D eigenvalue weighted by Crippen LogP contribution is 2.61. The summed E-state index contributed by atoms with van der Waals surface area (Å²) >= 11 is 9.35. The van der Waals surface area contributed by atoms with Crippen molar-refractivity contribution in [1.29, 1.82) is 0 Å². The minimum absolute atomic E-state index is 0.0835. The number of hydrogen-bond donors (Lipinski definition) is 1. The van der Waals surface area contributed by atoms with Crippen LogP contribution in [0.15, 0.2) is 59.1 Å². The molecule has 198 valence electrons. The van der Waals surface area contributed by atoms with Gasteiger partial charge in [0.15, 0.2) is 5.78 Å². The molecule has 0 bridgehead atoms. The van der Waals surface area contributed by atoms with E-state index >= 15 is 0 Å². The van der Waals surface area contributed by atoms with Crippen LogP contribution in [0.25, 0.3) is 21.8 Å². The van der Waals surface area contributed by atoms with Crippen LogP contribution in [0, 0.1) is 0 Å². The van der Waals surface area contributed by atoms with Crippen LogP contribution in [0.3, 0.4) is 0 Å². The summed E-state index contributed by atoms with van der Waals surface area (Å²) in [6.07, 6.45) is -4.65. The number of halogens is 5. The van der Waals surface area contributed by atoms with E-state index in [0.29, 0.717) is 5.56 Å². The minimum atomic E-state index is -4.65. The zero-order valence-electron chi connectivity index (χ0n) is 20.4. The first-order chi connectivity index (χ1) is 17.5. The summed E-state index contributed by atoms with van der Waals surface area (Å²) in [7, 11) is -3.87. The number of aryl methyl sites for hydroxylation is 1. The molecule has 0 aliphatic rings. The van der Waals surface area contributed by atoms with Crippen molar-refractivity contribution in [3.63, 3.8) is 0 Å². The number of hydrogen-bond acceptors (Lipinski definition) is 4. The Hall–Kier alpha value is -2.03. The molecule has 0 aliphatic heterocycles. The van der Waals surface area contributed by atoms with Crippen molar-refractivity contribution in [2.45, 2.75) is 39.3 Å². The molecule has 0 aliphatic carbocycles. The zero-order chi connectivity index (χ0) is 27.0. The molecule has 0 spiro atoms. The molecule has 1 atom stereocenters. The van der Waals surface area contributed by atoms with Gasteiger partial charge in [0.25, 0.3) is 0 Å². The molecule has 0 fully saturated rings. The number of anilines is 1. The maximum absolute atomic E-state index is 14.0. The van der Waals surface area contributed by atoms with Crippen LogP contribution in [-0.4, -0.2) is 17.8 Å². The topological polar surface area (TPSA) is 52.5 Å². The second kappa shape index (κ2) is 11.0. The van der Waals surface area contributed by atoms with Crippen molar-refractivity contribution in [2.24, 2.45) is 0 Å². The number of alkyl halides is 3. The Kier molecular flexibility index (Phi) is 8.31. The molecule has 1 unspecified atom stereocenters. The Morgan fingerprint density at radius 1 is 0.973 bits per heavy atom. The highest BCUT2D eigenvalue weighted by atomic mass is 79.9. The first kappa shape index (κ1) is 28.0. The van der Waals surface area contributed by atoms with Crippen molar-refractivity contribution in [3.8, 4) is 0 Å². The Morgan fingerprint density at radius 2 is 1.59 bits per heavy atom. The summed E-state index contributed by atoms with van der Waals surface area (Å²) < 4.78 is 69.0. The Balaban J connectivity index is 1.91. The summed E-state index contributed by atoms with van der Waals surface area (Å²) in [5.74, 6) is -1.08. The molecule has 1 heterocycles. The molecule has 0 amide bonds. The van der Waals surface area contributed by atoms with Crippen LogP contribution in [0.1, 0.15) is 37.7 Å². The van der Waals surface area contributed by atoms with Gasteiger partial charge in [0.1, 0.15) is 0 Å². The molecular weight excluding hydrogens is 592 g/mol. The molecule has 11 heteroatoms. The standard InChI is InChI=1S/C26H26BrClF3N2O3P/c1-4-33-23-11-7-16(13-19(23)20-14-17(27)8-12-24(20)33)25(37(34,35-5-2)36-6-3)32-18-9-10-22(28)21(15-18)26(29,30)31/h7-15,25,32H,4-6H2,1-3H3. The zero-order valence-corrected chi connectivity index (χ0v) is 23.6. The fourth-order valence-electron chi connectivity index (χ4n) is 4.49. The van der Waals surface area contributed by atoms with Crippen molar-refractivity contribution >= 4 is 62.6 Å². The van der Waals surface area contributed by atoms with Crippen molar-refractivity contribution in [2.75, 3.05) is 18.5 Å². The molecule has 4 rings (SSSR count). The van der Waals surface area contributed by atoms with E-state index in [1.807, 2.05) is 30.3 Å². The van der Waals surface area contributed by atoms with Gasteiger partial charge in [-0.2, -0.15) is 13.2 Å². The van der Waals surface area contributed by atoms with Crippen LogP contribution >= 0.6 is 35.1 Å². The van der Waals surface area contributed by atoms with Gasteiger partial charge in [-0.25, -0.2) is 0 Å². The number of benzene rings is 3. The lowest BCUT2D eigenvalue weighted by atomic mass is 10.1. The Labute approximate surface area is 226 Å². The average Bonchev–Trinajstić information content (AvgIpc) is 3.15. The fourth-order valence-corrected chi connectivity index (χ4v) is 7.00. The molecule has 4 aromatic rings. The average molecular weight is 618 g/mol. The molecule has 5 nitrogen and oxygen atoms in total. The highest BCUT2D eigenvalue weighted by Gasteiger charge is 2.38. The van der Waals surface area contributed by atoms with E-state index in [1.54, 1.807) is 19.9 Å². The minimum Gasteiger partial charge on any atom is -0.368 e. The third-order valence-electron chi connectivity index (χ3n) is 5.99. The second-order valence-electron chi connectivity index (χ2n) is 8.30. The second-order valence-corrected chi connectivity index (χ2v) is 11.7. The van der Waals surface area contributed by atoms with Crippen LogP contribution < -0.4 is 5.32 Å². The fraction of sp³-hybridized carbons (Fsp3) is 0.308.